The number of amides is 1. The Labute approximate surface area is 110 Å². The van der Waals surface area contributed by atoms with Crippen LogP contribution in [0, 0.1) is 11.8 Å². The molecule has 1 amide bonds. The molecule has 0 aromatic heterocycles. The fraction of sp³-hybridized carbons (Fsp3) is 0.846. The first-order valence-corrected chi connectivity index (χ1v) is 6.40. The van der Waals surface area contributed by atoms with Crippen molar-refractivity contribution in [2.24, 2.45) is 11.8 Å². The number of carbonyl (C=O) groups excluding carboxylic acids is 2. The van der Waals surface area contributed by atoms with Crippen molar-refractivity contribution in [2.75, 3.05) is 13.7 Å². The first-order chi connectivity index (χ1) is 8.29. The van der Waals surface area contributed by atoms with Gasteiger partial charge in [0.1, 0.15) is 6.04 Å². The van der Waals surface area contributed by atoms with Gasteiger partial charge in [0.15, 0.2) is 0 Å². The van der Waals surface area contributed by atoms with Crippen molar-refractivity contribution in [1.29, 1.82) is 0 Å². The zero-order valence-corrected chi connectivity index (χ0v) is 12.2. The maximum absolute atomic E-state index is 11.7. The number of nitrogens with one attached hydrogen (secondary N) is 2. The van der Waals surface area contributed by atoms with Crippen LogP contribution in [0.4, 0.5) is 0 Å². The third-order valence-corrected chi connectivity index (χ3v) is 2.99. The Bertz CT molecular complexity index is 277. The van der Waals surface area contributed by atoms with Gasteiger partial charge in [0, 0.05) is 6.04 Å². The molecule has 2 unspecified atom stereocenters. The van der Waals surface area contributed by atoms with Crippen LogP contribution in [-0.4, -0.2) is 37.6 Å². The Morgan fingerprint density at radius 3 is 2.00 bits per heavy atom. The smallest absolute Gasteiger partial charge is 0.323 e. The fourth-order valence-corrected chi connectivity index (χ4v) is 1.39. The highest BCUT2D eigenvalue weighted by Gasteiger charge is 2.23. The molecule has 0 aliphatic carbocycles. The molecule has 0 saturated heterocycles. The van der Waals surface area contributed by atoms with E-state index in [1.807, 2.05) is 34.6 Å². The van der Waals surface area contributed by atoms with Crippen molar-refractivity contribution in [1.82, 2.24) is 10.6 Å². The average molecular weight is 258 g/mol. The summed E-state index contributed by atoms with van der Waals surface area (Å²) in [6.07, 6.45) is 0. The Kier molecular flexibility index (Phi) is 7.59. The Balaban J connectivity index is 4.20. The summed E-state index contributed by atoms with van der Waals surface area (Å²) in [7, 11) is 1.35. The van der Waals surface area contributed by atoms with Crippen LogP contribution in [0.25, 0.3) is 0 Å². The lowest BCUT2D eigenvalue weighted by Crippen LogP contribution is -2.48. The summed E-state index contributed by atoms with van der Waals surface area (Å²) in [5.74, 6) is 0.0173. The highest BCUT2D eigenvalue weighted by atomic mass is 16.5. The summed E-state index contributed by atoms with van der Waals surface area (Å²) >= 11 is 0. The van der Waals surface area contributed by atoms with Crippen LogP contribution >= 0.6 is 0 Å². The van der Waals surface area contributed by atoms with Gasteiger partial charge in [-0.05, 0) is 18.8 Å². The number of methoxy groups -OCH3 is 1. The van der Waals surface area contributed by atoms with Gasteiger partial charge >= 0.3 is 5.97 Å². The Hall–Kier alpha value is -1.10. The molecule has 5 nitrogen and oxygen atoms in total. The van der Waals surface area contributed by atoms with Gasteiger partial charge in [-0.25, -0.2) is 0 Å². The lowest BCUT2D eigenvalue weighted by molar-refractivity contribution is -0.144. The van der Waals surface area contributed by atoms with E-state index in [0.717, 1.165) is 0 Å². The van der Waals surface area contributed by atoms with E-state index in [1.54, 1.807) is 0 Å². The minimum absolute atomic E-state index is 0.0766. The minimum atomic E-state index is -0.449. The topological polar surface area (TPSA) is 67.4 Å². The molecule has 0 aliphatic heterocycles. The van der Waals surface area contributed by atoms with E-state index < -0.39 is 6.04 Å². The monoisotopic (exact) mass is 258 g/mol. The molecule has 0 aliphatic rings. The summed E-state index contributed by atoms with van der Waals surface area (Å²) in [5, 5.41) is 5.80. The number of hydrogen-bond acceptors (Lipinski definition) is 4. The van der Waals surface area contributed by atoms with Crippen molar-refractivity contribution in [2.45, 2.75) is 46.7 Å². The van der Waals surface area contributed by atoms with Crippen LogP contribution in [0.1, 0.15) is 34.6 Å². The molecule has 18 heavy (non-hydrogen) atoms. The van der Waals surface area contributed by atoms with Crippen LogP contribution in [0.3, 0.4) is 0 Å². The highest BCUT2D eigenvalue weighted by Crippen LogP contribution is 2.03. The van der Waals surface area contributed by atoms with E-state index in [-0.39, 0.29) is 30.4 Å². The van der Waals surface area contributed by atoms with Crippen molar-refractivity contribution in [3.8, 4) is 0 Å². The van der Waals surface area contributed by atoms with Gasteiger partial charge in [-0.2, -0.15) is 0 Å². The SMILES string of the molecule is COC(=O)C(NCC(=O)NC(C)C(C)C)C(C)C. The molecule has 2 atom stereocenters. The van der Waals surface area contributed by atoms with Crippen LogP contribution in [0.15, 0.2) is 0 Å². The molecule has 0 aromatic carbocycles. The van der Waals surface area contributed by atoms with E-state index in [9.17, 15) is 9.59 Å². The molecule has 0 bridgehead atoms. The number of hydrogen-bond donors (Lipinski definition) is 2. The fourth-order valence-electron chi connectivity index (χ4n) is 1.39. The van der Waals surface area contributed by atoms with Gasteiger partial charge < -0.3 is 10.1 Å². The molecule has 0 rings (SSSR count). The second-order valence-corrected chi connectivity index (χ2v) is 5.23. The number of carbonyl (C=O) groups is 2. The molecule has 0 heterocycles. The minimum Gasteiger partial charge on any atom is -0.468 e. The van der Waals surface area contributed by atoms with Gasteiger partial charge in [0.2, 0.25) is 5.91 Å². The Morgan fingerprint density at radius 2 is 1.61 bits per heavy atom. The molecule has 0 fully saturated rings. The first kappa shape index (κ1) is 16.9. The molecule has 0 spiro atoms. The van der Waals surface area contributed by atoms with Gasteiger partial charge in [0.05, 0.1) is 13.7 Å². The standard InChI is InChI=1S/C13H26N2O3/c1-8(2)10(5)15-11(16)7-14-12(9(3)4)13(17)18-6/h8-10,12,14H,7H2,1-6H3,(H,15,16). The molecule has 2 N–H and O–H groups in total. The summed E-state index contributed by atoms with van der Waals surface area (Å²) < 4.78 is 4.69. The van der Waals surface area contributed by atoms with Crippen LogP contribution in [-0.2, 0) is 14.3 Å². The lowest BCUT2D eigenvalue weighted by Gasteiger charge is -2.21. The van der Waals surface area contributed by atoms with E-state index >= 15 is 0 Å². The number of rotatable bonds is 7. The first-order valence-electron chi connectivity index (χ1n) is 6.40. The quantitative estimate of drug-likeness (QED) is 0.667. The summed E-state index contributed by atoms with van der Waals surface area (Å²) in [5.41, 5.74) is 0. The maximum atomic E-state index is 11.7. The maximum Gasteiger partial charge on any atom is 0.323 e. The largest absolute Gasteiger partial charge is 0.468 e. The number of esters is 1. The molecule has 0 saturated carbocycles. The summed E-state index contributed by atoms with van der Waals surface area (Å²) in [4.78, 5) is 23.2. The van der Waals surface area contributed by atoms with E-state index in [1.165, 1.54) is 7.11 Å². The van der Waals surface area contributed by atoms with Crippen LogP contribution in [0.2, 0.25) is 0 Å². The predicted octanol–water partition coefficient (Wildman–Crippen LogP) is 0.934. The second-order valence-electron chi connectivity index (χ2n) is 5.23. The van der Waals surface area contributed by atoms with Crippen LogP contribution < -0.4 is 10.6 Å². The zero-order chi connectivity index (χ0) is 14.3. The second kappa shape index (κ2) is 8.08. The van der Waals surface area contributed by atoms with E-state index in [2.05, 4.69) is 10.6 Å². The van der Waals surface area contributed by atoms with Crippen molar-refractivity contribution in [3.05, 3.63) is 0 Å². The van der Waals surface area contributed by atoms with Gasteiger partial charge in [-0.15, -0.1) is 0 Å². The zero-order valence-electron chi connectivity index (χ0n) is 12.2. The predicted molar refractivity (Wildman–Crippen MR) is 71.1 cm³/mol. The average Bonchev–Trinajstić information content (AvgIpc) is 2.27. The number of ether oxygens (including phenoxy) is 1. The van der Waals surface area contributed by atoms with Crippen molar-refractivity contribution in [3.63, 3.8) is 0 Å². The molecule has 0 aromatic rings. The van der Waals surface area contributed by atoms with Crippen LogP contribution in [0.5, 0.6) is 0 Å². The summed E-state index contributed by atoms with van der Waals surface area (Å²) in [6, 6.07) is -0.329. The van der Waals surface area contributed by atoms with Gasteiger partial charge in [-0.1, -0.05) is 27.7 Å². The molecular formula is C13H26N2O3. The molecule has 106 valence electrons. The third-order valence-electron chi connectivity index (χ3n) is 2.99. The van der Waals surface area contributed by atoms with Gasteiger partial charge in [0.25, 0.3) is 0 Å². The van der Waals surface area contributed by atoms with Crippen molar-refractivity contribution < 1.29 is 14.3 Å². The molecule has 0 radical (unpaired) electrons. The summed E-state index contributed by atoms with van der Waals surface area (Å²) in [6.45, 7) is 9.98. The van der Waals surface area contributed by atoms with E-state index in [4.69, 9.17) is 4.74 Å². The third kappa shape index (κ3) is 6.00. The van der Waals surface area contributed by atoms with Gasteiger partial charge in [-0.3, -0.25) is 14.9 Å². The van der Waals surface area contributed by atoms with E-state index in [0.29, 0.717) is 5.92 Å². The highest BCUT2D eigenvalue weighted by molar-refractivity contribution is 5.80. The lowest BCUT2D eigenvalue weighted by atomic mass is 10.0. The normalized spacial score (nSPS) is 14.4. The van der Waals surface area contributed by atoms with Crippen molar-refractivity contribution >= 4 is 11.9 Å². The molecular weight excluding hydrogens is 232 g/mol. The Morgan fingerprint density at radius 1 is 1.06 bits per heavy atom. The molecule has 5 heteroatoms.